The van der Waals surface area contributed by atoms with Crippen molar-refractivity contribution in [2.45, 2.75) is 13.3 Å². The zero-order valence-corrected chi connectivity index (χ0v) is 17.7. The molecule has 9 nitrogen and oxygen atoms in total. The first-order valence-electron chi connectivity index (χ1n) is 10.5. The highest BCUT2D eigenvalue weighted by Gasteiger charge is 2.13. The van der Waals surface area contributed by atoms with Crippen molar-refractivity contribution in [1.82, 2.24) is 29.8 Å². The van der Waals surface area contributed by atoms with Crippen LogP contribution < -0.4 is 14.8 Å². The Hall–Kier alpha value is -3.85. The number of likely N-dealkylation sites (tertiary alicyclic amines) is 1. The molecule has 0 spiro atoms. The largest absolute Gasteiger partial charge is 0.491 e. The van der Waals surface area contributed by atoms with E-state index in [2.05, 4.69) is 35.1 Å². The van der Waals surface area contributed by atoms with Crippen molar-refractivity contribution in [3.8, 4) is 17.4 Å². The molecule has 4 aromatic rings. The molecule has 1 aliphatic rings. The molecular weight excluding hydrogens is 406 g/mol. The molecule has 1 N–H and O–H groups in total. The Bertz CT molecular complexity index is 1200. The number of aromatic nitrogens is 5. The number of rotatable bonds is 8. The molecule has 0 bridgehead atoms. The van der Waals surface area contributed by atoms with E-state index in [0.29, 0.717) is 29.9 Å². The monoisotopic (exact) mass is 429 g/mol. The van der Waals surface area contributed by atoms with Gasteiger partial charge in [-0.1, -0.05) is 0 Å². The minimum Gasteiger partial charge on any atom is -0.491 e. The summed E-state index contributed by atoms with van der Waals surface area (Å²) in [5.74, 6) is 3.07. The Morgan fingerprint density at radius 2 is 1.84 bits per heavy atom. The van der Waals surface area contributed by atoms with Crippen molar-refractivity contribution in [1.29, 1.82) is 0 Å². The van der Waals surface area contributed by atoms with Crippen LogP contribution in [0.15, 0.2) is 55.2 Å². The predicted octanol–water partition coefficient (Wildman–Crippen LogP) is 3.74. The molecule has 32 heavy (non-hydrogen) atoms. The van der Waals surface area contributed by atoms with E-state index in [1.807, 2.05) is 31.2 Å². The Labute approximate surface area is 185 Å². The number of hydrogen-bond acceptors (Lipinski definition) is 9. The third-order valence-corrected chi connectivity index (χ3v) is 5.19. The maximum Gasteiger partial charge on any atom is 0.219 e. The number of benzene rings is 1. The van der Waals surface area contributed by atoms with Crippen molar-refractivity contribution < 1.29 is 9.47 Å². The van der Waals surface area contributed by atoms with Gasteiger partial charge in [-0.15, -0.1) is 0 Å². The van der Waals surface area contributed by atoms with Gasteiger partial charge < -0.3 is 14.8 Å². The van der Waals surface area contributed by atoms with Crippen molar-refractivity contribution in [2.75, 3.05) is 31.6 Å². The third kappa shape index (κ3) is 4.73. The van der Waals surface area contributed by atoms with Gasteiger partial charge in [0.15, 0.2) is 0 Å². The Kier molecular flexibility index (Phi) is 5.71. The van der Waals surface area contributed by atoms with Crippen LogP contribution in [0.5, 0.6) is 17.4 Å². The summed E-state index contributed by atoms with van der Waals surface area (Å²) in [7, 11) is 0. The molecule has 1 aliphatic heterocycles. The van der Waals surface area contributed by atoms with Gasteiger partial charge in [-0.2, -0.15) is 0 Å². The highest BCUT2D eigenvalue weighted by Crippen LogP contribution is 2.28. The summed E-state index contributed by atoms with van der Waals surface area (Å²) in [6.07, 6.45) is 7.84. The van der Waals surface area contributed by atoms with Crippen LogP contribution in [-0.2, 0) is 0 Å². The number of pyridine rings is 1. The lowest BCUT2D eigenvalue weighted by molar-refractivity contribution is 0.147. The van der Waals surface area contributed by atoms with Gasteiger partial charge in [0.2, 0.25) is 5.88 Å². The standard InChI is InChI=1S/C23H23N7O2/c1-16-12-25-21(14-24-16)29-23-19-11-17(3-5-20(19)27-15-28-23)32-22-6-4-18(13-26-22)31-10-9-30-7-2-8-30/h3-6,11-15H,2,7-10H2,1H3,(H,25,27,28,29). The first kappa shape index (κ1) is 20.1. The van der Waals surface area contributed by atoms with E-state index in [-0.39, 0.29) is 0 Å². The van der Waals surface area contributed by atoms with Crippen molar-refractivity contribution in [2.24, 2.45) is 0 Å². The fourth-order valence-corrected chi connectivity index (χ4v) is 3.31. The van der Waals surface area contributed by atoms with Gasteiger partial charge in [0.1, 0.15) is 36.1 Å². The van der Waals surface area contributed by atoms with Gasteiger partial charge in [0.05, 0.1) is 29.8 Å². The van der Waals surface area contributed by atoms with E-state index < -0.39 is 0 Å². The molecule has 1 saturated heterocycles. The molecule has 0 aliphatic carbocycles. The van der Waals surface area contributed by atoms with Crippen molar-refractivity contribution in [3.63, 3.8) is 0 Å². The molecule has 9 heteroatoms. The topological polar surface area (TPSA) is 98.2 Å². The summed E-state index contributed by atoms with van der Waals surface area (Å²) >= 11 is 0. The molecule has 0 saturated carbocycles. The van der Waals surface area contributed by atoms with Crippen molar-refractivity contribution >= 4 is 22.5 Å². The second-order valence-electron chi connectivity index (χ2n) is 7.55. The van der Waals surface area contributed by atoms with Crippen molar-refractivity contribution in [3.05, 3.63) is 60.9 Å². The number of fused-ring (bicyclic) bond motifs is 1. The van der Waals surface area contributed by atoms with E-state index >= 15 is 0 Å². The lowest BCUT2D eigenvalue weighted by atomic mass is 10.2. The quantitative estimate of drug-likeness (QED) is 0.449. The molecule has 0 unspecified atom stereocenters. The van der Waals surface area contributed by atoms with Gasteiger partial charge in [-0.25, -0.2) is 19.9 Å². The fraction of sp³-hybridized carbons (Fsp3) is 0.261. The van der Waals surface area contributed by atoms with Crippen LogP contribution in [0.3, 0.4) is 0 Å². The Morgan fingerprint density at radius 1 is 0.938 bits per heavy atom. The summed E-state index contributed by atoms with van der Waals surface area (Å²) in [4.78, 5) is 24.0. The molecule has 3 aromatic heterocycles. The lowest BCUT2D eigenvalue weighted by Gasteiger charge is -2.30. The highest BCUT2D eigenvalue weighted by molar-refractivity contribution is 5.91. The van der Waals surface area contributed by atoms with Crippen LogP contribution in [0.1, 0.15) is 12.1 Å². The van der Waals surface area contributed by atoms with Gasteiger partial charge in [0.25, 0.3) is 0 Å². The summed E-state index contributed by atoms with van der Waals surface area (Å²) in [6, 6.07) is 9.27. The van der Waals surface area contributed by atoms with E-state index in [1.165, 1.54) is 25.8 Å². The number of hydrogen-bond donors (Lipinski definition) is 1. The smallest absolute Gasteiger partial charge is 0.219 e. The van der Waals surface area contributed by atoms with Crippen LogP contribution in [-0.4, -0.2) is 56.1 Å². The van der Waals surface area contributed by atoms with Crippen LogP contribution in [0.25, 0.3) is 10.9 Å². The maximum atomic E-state index is 5.95. The van der Waals surface area contributed by atoms with Gasteiger partial charge >= 0.3 is 0 Å². The van der Waals surface area contributed by atoms with Crippen LogP contribution in [0, 0.1) is 6.92 Å². The summed E-state index contributed by atoms with van der Waals surface area (Å²) in [5, 5.41) is 4.00. The zero-order chi connectivity index (χ0) is 21.8. The first-order chi connectivity index (χ1) is 15.7. The molecule has 0 atom stereocenters. The molecule has 4 heterocycles. The van der Waals surface area contributed by atoms with Gasteiger partial charge in [-0.3, -0.25) is 9.88 Å². The maximum absolute atomic E-state index is 5.95. The van der Waals surface area contributed by atoms with Crippen LogP contribution in [0.4, 0.5) is 11.6 Å². The average molecular weight is 429 g/mol. The highest BCUT2D eigenvalue weighted by atomic mass is 16.5. The second-order valence-corrected chi connectivity index (χ2v) is 7.55. The normalized spacial score (nSPS) is 13.5. The lowest BCUT2D eigenvalue weighted by Crippen LogP contribution is -2.39. The summed E-state index contributed by atoms with van der Waals surface area (Å²) < 4.78 is 11.7. The number of ether oxygens (including phenoxy) is 2. The van der Waals surface area contributed by atoms with Crippen LogP contribution >= 0.6 is 0 Å². The molecule has 5 rings (SSSR count). The summed E-state index contributed by atoms with van der Waals surface area (Å²) in [5.41, 5.74) is 1.63. The molecule has 0 amide bonds. The van der Waals surface area contributed by atoms with E-state index in [1.54, 1.807) is 24.7 Å². The molecule has 1 fully saturated rings. The minimum atomic E-state index is 0.482. The predicted molar refractivity (Wildman–Crippen MR) is 120 cm³/mol. The van der Waals surface area contributed by atoms with E-state index in [0.717, 1.165) is 28.9 Å². The van der Waals surface area contributed by atoms with Gasteiger partial charge in [-0.05, 0) is 50.7 Å². The minimum absolute atomic E-state index is 0.482. The first-order valence-corrected chi connectivity index (χ1v) is 10.5. The van der Waals surface area contributed by atoms with E-state index in [4.69, 9.17) is 9.47 Å². The number of aryl methyl sites for hydroxylation is 1. The second kappa shape index (κ2) is 9.11. The Balaban J connectivity index is 1.28. The average Bonchev–Trinajstić information content (AvgIpc) is 2.78. The Morgan fingerprint density at radius 3 is 2.59 bits per heavy atom. The third-order valence-electron chi connectivity index (χ3n) is 5.19. The number of nitrogens with one attached hydrogen (secondary N) is 1. The number of nitrogens with zero attached hydrogens (tertiary/aromatic N) is 6. The molecular formula is C23H23N7O2. The summed E-state index contributed by atoms with van der Waals surface area (Å²) in [6.45, 7) is 5.83. The van der Waals surface area contributed by atoms with Crippen LogP contribution in [0.2, 0.25) is 0 Å². The fourth-order valence-electron chi connectivity index (χ4n) is 3.31. The molecule has 162 valence electrons. The molecule has 0 radical (unpaired) electrons. The zero-order valence-electron chi connectivity index (χ0n) is 17.7. The SMILES string of the molecule is Cc1cnc(Nc2ncnc3ccc(Oc4ccc(OCCN5CCC5)cn4)cc23)cn1. The molecule has 1 aromatic carbocycles. The number of anilines is 2. The van der Waals surface area contributed by atoms with E-state index in [9.17, 15) is 0 Å². The van der Waals surface area contributed by atoms with Gasteiger partial charge in [0, 0.05) is 18.0 Å².